The van der Waals surface area contributed by atoms with Crippen LogP contribution >= 0.6 is 0 Å². The van der Waals surface area contributed by atoms with E-state index < -0.39 is 5.60 Å². The Balaban J connectivity index is 2.76. The molecule has 12 heavy (non-hydrogen) atoms. The Morgan fingerprint density at radius 3 is 2.50 bits per heavy atom. The number of ether oxygens (including phenoxy) is 1. The van der Waals surface area contributed by atoms with E-state index in [2.05, 4.69) is 0 Å². The number of hydrogen-bond acceptors (Lipinski definition) is 3. The molecule has 0 radical (unpaired) electrons. The molecule has 1 N–H and O–H groups in total. The van der Waals surface area contributed by atoms with Crippen molar-refractivity contribution in [2.75, 3.05) is 6.61 Å². The summed E-state index contributed by atoms with van der Waals surface area (Å²) in [6.07, 6.45) is 1.17. The number of rotatable bonds is 1. The van der Waals surface area contributed by atoms with Gasteiger partial charge in [-0.1, -0.05) is 13.8 Å². The molecule has 0 aromatic carbocycles. The molecule has 70 valence electrons. The van der Waals surface area contributed by atoms with Crippen LogP contribution in [0.3, 0.4) is 0 Å². The van der Waals surface area contributed by atoms with Crippen molar-refractivity contribution >= 4 is 5.97 Å². The van der Waals surface area contributed by atoms with Crippen LogP contribution in [0.15, 0.2) is 0 Å². The fourth-order valence-electron chi connectivity index (χ4n) is 1.90. The van der Waals surface area contributed by atoms with Gasteiger partial charge in [0.05, 0.1) is 13.0 Å². The highest BCUT2D eigenvalue weighted by atomic mass is 16.6. The number of carbonyl (C=O) groups is 1. The number of aliphatic hydroxyl groups is 1. The van der Waals surface area contributed by atoms with Crippen molar-refractivity contribution in [3.63, 3.8) is 0 Å². The summed E-state index contributed by atoms with van der Waals surface area (Å²) >= 11 is 0. The zero-order valence-corrected chi connectivity index (χ0v) is 7.89. The van der Waals surface area contributed by atoms with E-state index in [9.17, 15) is 4.79 Å². The summed E-state index contributed by atoms with van der Waals surface area (Å²) in [5.41, 5.74) is -0.717. The van der Waals surface area contributed by atoms with Gasteiger partial charge in [0.2, 0.25) is 0 Å². The lowest BCUT2D eigenvalue weighted by Crippen LogP contribution is -2.45. The molecule has 0 spiro atoms. The van der Waals surface area contributed by atoms with Gasteiger partial charge in [0, 0.05) is 0 Å². The molecule has 1 rings (SSSR count). The molecule has 0 aromatic heterocycles. The molecule has 0 aromatic rings. The second-order valence-electron chi connectivity index (χ2n) is 4.60. The molecule has 1 atom stereocenters. The van der Waals surface area contributed by atoms with E-state index in [-0.39, 0.29) is 18.0 Å². The van der Waals surface area contributed by atoms with Crippen molar-refractivity contribution < 1.29 is 14.6 Å². The van der Waals surface area contributed by atoms with Crippen LogP contribution in [0, 0.1) is 5.41 Å². The third kappa shape index (κ3) is 1.97. The van der Waals surface area contributed by atoms with Gasteiger partial charge in [-0.3, -0.25) is 4.79 Å². The lowest BCUT2D eigenvalue weighted by molar-refractivity contribution is -0.179. The molecular weight excluding hydrogens is 156 g/mol. The van der Waals surface area contributed by atoms with Crippen LogP contribution in [0.4, 0.5) is 0 Å². The summed E-state index contributed by atoms with van der Waals surface area (Å²) in [6, 6.07) is 0. The van der Waals surface area contributed by atoms with Gasteiger partial charge in [0.1, 0.15) is 5.60 Å². The number of cyclic esters (lactones) is 1. The molecule has 1 aliphatic rings. The van der Waals surface area contributed by atoms with Crippen LogP contribution in [0.5, 0.6) is 0 Å². The Labute approximate surface area is 72.7 Å². The Morgan fingerprint density at radius 2 is 2.08 bits per heavy atom. The summed E-state index contributed by atoms with van der Waals surface area (Å²) in [6.45, 7) is 5.70. The van der Waals surface area contributed by atoms with Crippen LogP contribution in [0.2, 0.25) is 0 Å². The third-order valence-corrected chi connectivity index (χ3v) is 2.17. The van der Waals surface area contributed by atoms with Crippen molar-refractivity contribution in [2.24, 2.45) is 5.41 Å². The minimum atomic E-state index is -0.668. The van der Waals surface area contributed by atoms with E-state index in [4.69, 9.17) is 9.84 Å². The maximum Gasteiger partial charge on any atom is 0.306 e. The summed E-state index contributed by atoms with van der Waals surface area (Å²) in [7, 11) is 0. The maximum atomic E-state index is 11.1. The van der Waals surface area contributed by atoms with Crippen LogP contribution in [-0.2, 0) is 9.53 Å². The molecule has 1 saturated heterocycles. The standard InChI is InChI=1S/C9H16O3/c1-8(2)4-7(11)12-9(3,5-8)6-10/h10H,4-6H2,1-3H3. The van der Waals surface area contributed by atoms with E-state index in [1.54, 1.807) is 6.92 Å². The molecule has 0 saturated carbocycles. The fourth-order valence-corrected chi connectivity index (χ4v) is 1.90. The summed E-state index contributed by atoms with van der Waals surface area (Å²) < 4.78 is 5.07. The maximum absolute atomic E-state index is 11.1. The van der Waals surface area contributed by atoms with Gasteiger partial charge in [-0.15, -0.1) is 0 Å². The first-order valence-electron chi connectivity index (χ1n) is 4.20. The number of carbonyl (C=O) groups excluding carboxylic acids is 1. The SMILES string of the molecule is CC1(C)CC(=O)OC(C)(CO)C1. The predicted molar refractivity (Wildman–Crippen MR) is 44.6 cm³/mol. The molecule has 1 fully saturated rings. The predicted octanol–water partition coefficient (Wildman–Crippen LogP) is 1.10. The first kappa shape index (κ1) is 9.52. The second-order valence-corrected chi connectivity index (χ2v) is 4.60. The van der Waals surface area contributed by atoms with E-state index in [1.807, 2.05) is 13.8 Å². The van der Waals surface area contributed by atoms with Crippen LogP contribution in [0.1, 0.15) is 33.6 Å². The second kappa shape index (κ2) is 2.73. The topological polar surface area (TPSA) is 46.5 Å². The summed E-state index contributed by atoms with van der Waals surface area (Å²) in [5.74, 6) is -0.206. The average Bonchev–Trinajstić information content (AvgIpc) is 1.82. The van der Waals surface area contributed by atoms with E-state index in [0.29, 0.717) is 6.42 Å². The molecule has 1 aliphatic heterocycles. The normalized spacial score (nSPS) is 34.5. The van der Waals surface area contributed by atoms with Crippen molar-refractivity contribution in [3.8, 4) is 0 Å². The molecular formula is C9H16O3. The lowest BCUT2D eigenvalue weighted by atomic mass is 9.76. The molecule has 1 unspecified atom stereocenters. The minimum absolute atomic E-state index is 0.0488. The quantitative estimate of drug-likeness (QED) is 0.602. The highest BCUT2D eigenvalue weighted by Gasteiger charge is 2.41. The molecule has 0 amide bonds. The van der Waals surface area contributed by atoms with Crippen LogP contribution < -0.4 is 0 Å². The average molecular weight is 172 g/mol. The zero-order valence-electron chi connectivity index (χ0n) is 7.89. The Morgan fingerprint density at radius 1 is 1.50 bits per heavy atom. The van der Waals surface area contributed by atoms with Crippen molar-refractivity contribution in [1.29, 1.82) is 0 Å². The van der Waals surface area contributed by atoms with Gasteiger partial charge in [0.15, 0.2) is 0 Å². The third-order valence-electron chi connectivity index (χ3n) is 2.17. The molecule has 3 heteroatoms. The summed E-state index contributed by atoms with van der Waals surface area (Å²) in [4.78, 5) is 11.1. The summed E-state index contributed by atoms with van der Waals surface area (Å²) in [5, 5.41) is 9.02. The Kier molecular flexibility index (Phi) is 2.17. The van der Waals surface area contributed by atoms with E-state index >= 15 is 0 Å². The Bertz CT molecular complexity index is 198. The van der Waals surface area contributed by atoms with E-state index in [0.717, 1.165) is 6.42 Å². The van der Waals surface area contributed by atoms with E-state index in [1.165, 1.54) is 0 Å². The number of aliphatic hydroxyl groups excluding tert-OH is 1. The minimum Gasteiger partial charge on any atom is -0.457 e. The molecule has 0 aliphatic carbocycles. The van der Waals surface area contributed by atoms with Gasteiger partial charge in [0.25, 0.3) is 0 Å². The highest BCUT2D eigenvalue weighted by molar-refractivity contribution is 5.71. The van der Waals surface area contributed by atoms with Crippen molar-refractivity contribution in [2.45, 2.75) is 39.2 Å². The van der Waals surface area contributed by atoms with Crippen LogP contribution in [-0.4, -0.2) is 23.3 Å². The molecule has 3 nitrogen and oxygen atoms in total. The van der Waals surface area contributed by atoms with Crippen LogP contribution in [0.25, 0.3) is 0 Å². The van der Waals surface area contributed by atoms with Crippen molar-refractivity contribution in [1.82, 2.24) is 0 Å². The number of hydrogen-bond donors (Lipinski definition) is 1. The monoisotopic (exact) mass is 172 g/mol. The van der Waals surface area contributed by atoms with Gasteiger partial charge in [-0.25, -0.2) is 0 Å². The van der Waals surface area contributed by atoms with Crippen molar-refractivity contribution in [3.05, 3.63) is 0 Å². The fraction of sp³-hybridized carbons (Fsp3) is 0.889. The van der Waals surface area contributed by atoms with Gasteiger partial charge >= 0.3 is 5.97 Å². The first-order chi connectivity index (χ1) is 5.37. The highest BCUT2D eigenvalue weighted by Crippen LogP contribution is 2.38. The lowest BCUT2D eigenvalue weighted by Gasteiger charge is -2.40. The number of esters is 1. The zero-order chi connectivity index (χ0) is 9.41. The van der Waals surface area contributed by atoms with Gasteiger partial charge in [-0.2, -0.15) is 0 Å². The molecule has 0 bridgehead atoms. The molecule has 1 heterocycles. The Hall–Kier alpha value is -0.570. The smallest absolute Gasteiger partial charge is 0.306 e. The van der Waals surface area contributed by atoms with Gasteiger partial charge in [-0.05, 0) is 18.8 Å². The largest absolute Gasteiger partial charge is 0.457 e. The first-order valence-corrected chi connectivity index (χ1v) is 4.20. The van der Waals surface area contributed by atoms with Gasteiger partial charge < -0.3 is 9.84 Å².